The van der Waals surface area contributed by atoms with Gasteiger partial charge in [-0.3, -0.25) is 0 Å². The Balaban J connectivity index is 2.60. The summed E-state index contributed by atoms with van der Waals surface area (Å²) in [5.74, 6) is 0.410. The van der Waals surface area contributed by atoms with Crippen molar-refractivity contribution in [1.29, 1.82) is 0 Å². The van der Waals surface area contributed by atoms with Gasteiger partial charge in [-0.1, -0.05) is 40.9 Å². The summed E-state index contributed by atoms with van der Waals surface area (Å²) in [7, 11) is 1.51. The Labute approximate surface area is 113 Å². The molecule has 3 nitrogen and oxygen atoms in total. The van der Waals surface area contributed by atoms with Gasteiger partial charge in [-0.15, -0.1) is 0 Å². The third-order valence-electron chi connectivity index (χ3n) is 2.16. The standard InChI is InChI=1S/C11H7Cl3N2O/c1-17-10-9(15-5-16-11(10)14)6-2-3-7(12)8(13)4-6/h2-5H,1H3. The van der Waals surface area contributed by atoms with Crippen molar-refractivity contribution in [2.45, 2.75) is 0 Å². The van der Waals surface area contributed by atoms with Crippen molar-refractivity contribution in [3.05, 3.63) is 39.7 Å². The van der Waals surface area contributed by atoms with Crippen molar-refractivity contribution < 1.29 is 4.74 Å². The highest BCUT2D eigenvalue weighted by Gasteiger charge is 2.13. The minimum Gasteiger partial charge on any atom is -0.491 e. The second-order valence-corrected chi connectivity index (χ2v) is 4.35. The fourth-order valence-electron chi connectivity index (χ4n) is 1.38. The maximum Gasteiger partial charge on any atom is 0.182 e. The predicted octanol–water partition coefficient (Wildman–Crippen LogP) is 4.11. The normalized spacial score (nSPS) is 10.4. The van der Waals surface area contributed by atoms with Crippen molar-refractivity contribution in [2.24, 2.45) is 0 Å². The Hall–Kier alpha value is -1.03. The Kier molecular flexibility index (Phi) is 3.72. The van der Waals surface area contributed by atoms with E-state index in [2.05, 4.69) is 9.97 Å². The molecule has 6 heteroatoms. The van der Waals surface area contributed by atoms with E-state index in [9.17, 15) is 0 Å². The van der Waals surface area contributed by atoms with Gasteiger partial charge in [-0.25, -0.2) is 9.97 Å². The average Bonchev–Trinajstić information content (AvgIpc) is 2.32. The topological polar surface area (TPSA) is 35.0 Å². The molecule has 1 aromatic heterocycles. The van der Waals surface area contributed by atoms with Crippen molar-refractivity contribution in [3.63, 3.8) is 0 Å². The largest absolute Gasteiger partial charge is 0.491 e. The van der Waals surface area contributed by atoms with Gasteiger partial charge in [0.15, 0.2) is 10.9 Å². The van der Waals surface area contributed by atoms with Crippen LogP contribution in [0.3, 0.4) is 0 Å². The van der Waals surface area contributed by atoms with Crippen LogP contribution in [0.5, 0.6) is 5.75 Å². The quantitative estimate of drug-likeness (QED) is 0.780. The van der Waals surface area contributed by atoms with E-state index in [1.807, 2.05) is 0 Å². The molecule has 2 rings (SSSR count). The number of benzene rings is 1. The van der Waals surface area contributed by atoms with E-state index >= 15 is 0 Å². The van der Waals surface area contributed by atoms with Gasteiger partial charge in [0.05, 0.1) is 17.2 Å². The highest BCUT2D eigenvalue weighted by atomic mass is 35.5. The van der Waals surface area contributed by atoms with Crippen molar-refractivity contribution >= 4 is 34.8 Å². The summed E-state index contributed by atoms with van der Waals surface area (Å²) in [6.07, 6.45) is 1.36. The van der Waals surface area contributed by atoms with Crippen LogP contribution in [-0.2, 0) is 0 Å². The smallest absolute Gasteiger partial charge is 0.182 e. The molecular formula is C11H7Cl3N2O. The van der Waals surface area contributed by atoms with Crippen LogP contribution in [0.15, 0.2) is 24.5 Å². The van der Waals surface area contributed by atoms with Crippen LogP contribution in [0.1, 0.15) is 0 Å². The molecule has 0 aliphatic heterocycles. The third kappa shape index (κ3) is 2.46. The fourth-order valence-corrected chi connectivity index (χ4v) is 1.89. The summed E-state index contributed by atoms with van der Waals surface area (Å²) in [6.45, 7) is 0. The Morgan fingerprint density at radius 2 is 1.82 bits per heavy atom. The summed E-state index contributed by atoms with van der Waals surface area (Å²) < 4.78 is 5.17. The van der Waals surface area contributed by atoms with E-state index < -0.39 is 0 Å². The first-order chi connectivity index (χ1) is 8.13. The SMILES string of the molecule is COc1c(Cl)ncnc1-c1ccc(Cl)c(Cl)c1. The van der Waals surface area contributed by atoms with Gasteiger partial charge in [0.1, 0.15) is 12.0 Å². The molecule has 0 saturated carbocycles. The number of rotatable bonds is 2. The summed E-state index contributed by atoms with van der Waals surface area (Å²) >= 11 is 17.7. The molecular weight excluding hydrogens is 282 g/mol. The van der Waals surface area contributed by atoms with Crippen LogP contribution in [0.25, 0.3) is 11.3 Å². The lowest BCUT2D eigenvalue weighted by Crippen LogP contribution is -1.94. The lowest BCUT2D eigenvalue weighted by molar-refractivity contribution is 0.413. The fraction of sp³-hybridized carbons (Fsp3) is 0.0909. The van der Waals surface area contributed by atoms with Crippen LogP contribution in [0.4, 0.5) is 0 Å². The molecule has 0 bridgehead atoms. The van der Waals surface area contributed by atoms with E-state index in [0.29, 0.717) is 21.5 Å². The number of nitrogens with zero attached hydrogens (tertiary/aromatic N) is 2. The number of aromatic nitrogens is 2. The number of methoxy groups -OCH3 is 1. The van der Waals surface area contributed by atoms with Gasteiger partial charge in [-0.05, 0) is 12.1 Å². The zero-order valence-electron chi connectivity index (χ0n) is 8.75. The third-order valence-corrected chi connectivity index (χ3v) is 3.17. The molecule has 17 heavy (non-hydrogen) atoms. The van der Waals surface area contributed by atoms with Crippen molar-refractivity contribution in [3.8, 4) is 17.0 Å². The molecule has 0 amide bonds. The molecule has 0 aliphatic carbocycles. The molecule has 0 fully saturated rings. The van der Waals surface area contributed by atoms with Gasteiger partial charge in [0.2, 0.25) is 0 Å². The van der Waals surface area contributed by atoms with Crippen LogP contribution in [-0.4, -0.2) is 17.1 Å². The number of ether oxygens (including phenoxy) is 1. The summed E-state index contributed by atoms with van der Waals surface area (Å²) in [4.78, 5) is 7.98. The van der Waals surface area contributed by atoms with Crippen molar-refractivity contribution in [1.82, 2.24) is 9.97 Å². The van der Waals surface area contributed by atoms with Crippen LogP contribution < -0.4 is 4.74 Å². The summed E-state index contributed by atoms with van der Waals surface area (Å²) in [6, 6.07) is 5.18. The molecule has 0 spiro atoms. The monoisotopic (exact) mass is 288 g/mol. The van der Waals surface area contributed by atoms with Gasteiger partial charge in [0, 0.05) is 5.56 Å². The van der Waals surface area contributed by atoms with E-state index in [0.717, 1.165) is 5.56 Å². The minimum absolute atomic E-state index is 0.253. The van der Waals surface area contributed by atoms with Gasteiger partial charge in [-0.2, -0.15) is 0 Å². The van der Waals surface area contributed by atoms with E-state index in [-0.39, 0.29) is 5.15 Å². The first kappa shape index (κ1) is 12.4. The second-order valence-electron chi connectivity index (χ2n) is 3.18. The average molecular weight is 290 g/mol. The molecule has 0 unspecified atom stereocenters. The molecule has 0 N–H and O–H groups in total. The van der Waals surface area contributed by atoms with E-state index in [1.54, 1.807) is 18.2 Å². The van der Waals surface area contributed by atoms with Gasteiger partial charge < -0.3 is 4.74 Å². The molecule has 1 aromatic carbocycles. The van der Waals surface area contributed by atoms with Crippen LogP contribution >= 0.6 is 34.8 Å². The lowest BCUT2D eigenvalue weighted by atomic mass is 10.1. The van der Waals surface area contributed by atoms with Gasteiger partial charge >= 0.3 is 0 Å². The second kappa shape index (κ2) is 5.08. The maximum absolute atomic E-state index is 5.95. The molecule has 0 radical (unpaired) electrons. The maximum atomic E-state index is 5.95. The van der Waals surface area contributed by atoms with Crippen LogP contribution in [0, 0.1) is 0 Å². The molecule has 2 aromatic rings. The van der Waals surface area contributed by atoms with E-state index in [1.165, 1.54) is 13.4 Å². The molecule has 1 heterocycles. The van der Waals surface area contributed by atoms with E-state index in [4.69, 9.17) is 39.5 Å². The predicted molar refractivity (Wildman–Crippen MR) is 69.1 cm³/mol. The number of hydrogen-bond acceptors (Lipinski definition) is 3. The number of hydrogen-bond donors (Lipinski definition) is 0. The molecule has 0 atom stereocenters. The minimum atomic E-state index is 0.253. The molecule has 0 aliphatic rings. The highest BCUT2D eigenvalue weighted by molar-refractivity contribution is 6.42. The first-order valence-corrected chi connectivity index (χ1v) is 5.76. The van der Waals surface area contributed by atoms with Crippen molar-refractivity contribution in [2.75, 3.05) is 7.11 Å². The first-order valence-electron chi connectivity index (χ1n) is 4.63. The van der Waals surface area contributed by atoms with Gasteiger partial charge in [0.25, 0.3) is 0 Å². The lowest BCUT2D eigenvalue weighted by Gasteiger charge is -2.08. The number of halogens is 3. The Morgan fingerprint density at radius 1 is 1.06 bits per heavy atom. The highest BCUT2D eigenvalue weighted by Crippen LogP contribution is 2.35. The summed E-state index contributed by atoms with van der Waals surface area (Å²) in [5, 5.41) is 1.18. The Bertz CT molecular complexity index is 560. The van der Waals surface area contributed by atoms with Crippen LogP contribution in [0.2, 0.25) is 15.2 Å². The molecule has 0 saturated heterocycles. The zero-order chi connectivity index (χ0) is 12.4. The zero-order valence-corrected chi connectivity index (χ0v) is 11.0. The summed E-state index contributed by atoms with van der Waals surface area (Å²) in [5.41, 5.74) is 1.34. The Morgan fingerprint density at radius 3 is 2.47 bits per heavy atom. The molecule has 88 valence electrons.